The van der Waals surface area contributed by atoms with Gasteiger partial charge in [-0.15, -0.1) is 0 Å². The molecule has 2 saturated heterocycles. The molecule has 4 heterocycles. The van der Waals surface area contributed by atoms with Crippen molar-refractivity contribution in [3.05, 3.63) is 64.7 Å². The number of amides is 2. The van der Waals surface area contributed by atoms with Crippen LogP contribution in [-0.4, -0.2) is 126 Å². The maximum Gasteiger partial charge on any atom is 0.257 e. The summed E-state index contributed by atoms with van der Waals surface area (Å²) in [5.41, 5.74) is 5.42. The molecule has 2 N–H and O–H groups in total. The van der Waals surface area contributed by atoms with Gasteiger partial charge in [-0.25, -0.2) is 0 Å². The number of ether oxygens (including phenoxy) is 7. The second kappa shape index (κ2) is 19.2. The molecule has 14 nitrogen and oxygen atoms in total. The third kappa shape index (κ3) is 10.2. The van der Waals surface area contributed by atoms with E-state index in [0.29, 0.717) is 86.8 Å². The van der Waals surface area contributed by atoms with Crippen LogP contribution in [-0.2, 0) is 27.4 Å². The molecule has 0 bridgehead atoms. The van der Waals surface area contributed by atoms with Crippen molar-refractivity contribution in [2.24, 2.45) is 0 Å². The number of fused-ring (bicyclic) bond motifs is 4. The highest BCUT2D eigenvalue weighted by atomic mass is 32.1. The minimum Gasteiger partial charge on any atom is -0.493 e. The predicted octanol–water partition coefficient (Wildman–Crippen LogP) is 6.07. The Kier molecular flexibility index (Phi) is 13.9. The minimum atomic E-state index is -0.322. The molecule has 0 radical (unpaired) electrons. The SMILES string of the molecule is COCCOCCOCCN(CC(C)(C)S)c1cc(COc2cc3c(cc2OC)C(=O)N2CCCC2CN3)cc(COc2cc3c(cc2OC)C(=O)N2CCCC2N3)c1. The predicted molar refractivity (Wildman–Crippen MR) is 230 cm³/mol. The van der Waals surface area contributed by atoms with E-state index in [1.54, 1.807) is 33.5 Å². The number of rotatable bonds is 20. The van der Waals surface area contributed by atoms with Gasteiger partial charge in [0.05, 0.1) is 69.8 Å². The first kappa shape index (κ1) is 42.6. The molecule has 0 aliphatic carbocycles. The highest BCUT2D eigenvalue weighted by Crippen LogP contribution is 2.40. The van der Waals surface area contributed by atoms with Crippen molar-refractivity contribution in [2.75, 3.05) is 103 Å². The topological polar surface area (TPSA) is 133 Å². The van der Waals surface area contributed by atoms with Gasteiger partial charge in [-0.05, 0) is 81.0 Å². The van der Waals surface area contributed by atoms with Gasteiger partial charge >= 0.3 is 0 Å². The molecule has 59 heavy (non-hydrogen) atoms. The molecule has 4 aliphatic heterocycles. The quantitative estimate of drug-likeness (QED) is 0.0902. The smallest absolute Gasteiger partial charge is 0.257 e. The Morgan fingerprint density at radius 1 is 0.729 bits per heavy atom. The molecule has 2 atom stereocenters. The van der Waals surface area contributed by atoms with E-state index in [-0.39, 0.29) is 42.0 Å². The molecule has 320 valence electrons. The van der Waals surface area contributed by atoms with Crippen LogP contribution in [0.5, 0.6) is 23.0 Å². The van der Waals surface area contributed by atoms with Gasteiger partial charge in [0.2, 0.25) is 0 Å². The van der Waals surface area contributed by atoms with Crippen LogP contribution in [0.15, 0.2) is 42.5 Å². The van der Waals surface area contributed by atoms with Gasteiger partial charge in [0, 0.05) is 68.4 Å². The number of carbonyl (C=O) groups is 2. The molecule has 3 aromatic rings. The van der Waals surface area contributed by atoms with Crippen molar-refractivity contribution in [3.63, 3.8) is 0 Å². The second-order valence-corrected chi connectivity index (χ2v) is 17.3. The summed E-state index contributed by atoms with van der Waals surface area (Å²) in [5.74, 6) is 2.07. The first-order valence-electron chi connectivity index (χ1n) is 20.6. The minimum absolute atomic E-state index is 0.00655. The Bertz CT molecular complexity index is 1960. The number of anilines is 3. The fourth-order valence-corrected chi connectivity index (χ4v) is 8.47. The molecule has 0 aromatic heterocycles. The molecule has 2 amide bonds. The summed E-state index contributed by atoms with van der Waals surface area (Å²) >= 11 is 4.92. The number of carbonyl (C=O) groups excluding carboxylic acids is 2. The van der Waals surface area contributed by atoms with Gasteiger partial charge in [0.15, 0.2) is 23.0 Å². The zero-order valence-electron chi connectivity index (χ0n) is 35.0. The highest BCUT2D eigenvalue weighted by Gasteiger charge is 2.37. The summed E-state index contributed by atoms with van der Waals surface area (Å²) in [5, 5.41) is 7.03. The first-order chi connectivity index (χ1) is 28.5. The van der Waals surface area contributed by atoms with Crippen molar-refractivity contribution in [2.45, 2.75) is 69.7 Å². The molecule has 3 aromatic carbocycles. The standard InChI is InChI=1S/C44H59N5O9S/c1-44(2,59)28-47(12-13-55-16-17-56-15-14-52-3)32-19-29(26-57-39-23-35-33(21-37(39)53-4)42(50)48-10-6-8-31(48)25-45-35)18-30(20-32)27-58-40-24-36-34(22-38(40)54-5)43(51)49-11-7-9-41(49)46-36/h18-24,31,41,45-46,59H,6-17,25-28H2,1-5H3. The number of methoxy groups -OCH3 is 3. The Hall–Kier alpha value is -4.57. The third-order valence-corrected chi connectivity index (χ3v) is 11.3. The highest BCUT2D eigenvalue weighted by molar-refractivity contribution is 7.81. The lowest BCUT2D eigenvalue weighted by molar-refractivity contribution is 0.0264. The van der Waals surface area contributed by atoms with Crippen molar-refractivity contribution >= 4 is 41.5 Å². The van der Waals surface area contributed by atoms with Crippen molar-refractivity contribution in [3.8, 4) is 23.0 Å². The summed E-state index contributed by atoms with van der Waals surface area (Å²) < 4.78 is 40.9. The normalized spacial score (nSPS) is 18.3. The van der Waals surface area contributed by atoms with Crippen molar-refractivity contribution < 1.29 is 42.7 Å². The maximum atomic E-state index is 13.5. The van der Waals surface area contributed by atoms with E-state index < -0.39 is 0 Å². The molecule has 0 spiro atoms. The fourth-order valence-electron chi connectivity index (χ4n) is 8.30. The van der Waals surface area contributed by atoms with E-state index in [2.05, 4.69) is 47.6 Å². The zero-order chi connectivity index (χ0) is 41.5. The summed E-state index contributed by atoms with van der Waals surface area (Å²) in [6, 6.07) is 13.8. The number of nitrogens with zero attached hydrogens (tertiary/aromatic N) is 3. The molecule has 2 unspecified atom stereocenters. The van der Waals surface area contributed by atoms with Gasteiger partial charge in [0.1, 0.15) is 19.4 Å². The van der Waals surface area contributed by atoms with E-state index in [1.165, 1.54) is 0 Å². The van der Waals surface area contributed by atoms with E-state index >= 15 is 0 Å². The van der Waals surface area contributed by atoms with Gasteiger partial charge in [-0.1, -0.05) is 0 Å². The molecule has 7 rings (SSSR count). The number of nitrogens with one attached hydrogen (secondary N) is 2. The Morgan fingerprint density at radius 2 is 1.32 bits per heavy atom. The van der Waals surface area contributed by atoms with Gasteiger partial charge in [0.25, 0.3) is 11.8 Å². The average molecular weight is 834 g/mol. The summed E-state index contributed by atoms with van der Waals surface area (Å²) in [4.78, 5) is 33.0. The van der Waals surface area contributed by atoms with Gasteiger partial charge in [-0.2, -0.15) is 12.6 Å². The van der Waals surface area contributed by atoms with E-state index in [9.17, 15) is 9.59 Å². The van der Waals surface area contributed by atoms with Gasteiger partial charge in [-0.3, -0.25) is 9.59 Å². The molecular formula is C44H59N5O9S. The van der Waals surface area contributed by atoms with Crippen LogP contribution < -0.4 is 34.5 Å². The lowest BCUT2D eigenvalue weighted by Gasteiger charge is -2.33. The zero-order valence-corrected chi connectivity index (χ0v) is 35.9. The van der Waals surface area contributed by atoms with E-state index in [0.717, 1.165) is 67.0 Å². The summed E-state index contributed by atoms with van der Waals surface area (Å²) in [6.45, 7) is 10.6. The molecule has 0 saturated carbocycles. The van der Waals surface area contributed by atoms with Crippen LogP contribution in [0.25, 0.3) is 0 Å². The molecule has 15 heteroatoms. The van der Waals surface area contributed by atoms with Crippen molar-refractivity contribution in [1.82, 2.24) is 9.80 Å². The number of hydrogen-bond acceptors (Lipinski definition) is 13. The fraction of sp³-hybridized carbons (Fsp3) is 0.545. The largest absolute Gasteiger partial charge is 0.493 e. The maximum absolute atomic E-state index is 13.5. The number of thiol groups is 1. The summed E-state index contributed by atoms with van der Waals surface area (Å²) in [6.07, 6.45) is 3.85. The van der Waals surface area contributed by atoms with E-state index in [1.807, 2.05) is 21.9 Å². The number of hydrogen-bond donors (Lipinski definition) is 3. The Labute approximate surface area is 353 Å². The Morgan fingerprint density at radius 3 is 1.98 bits per heavy atom. The molecule has 2 fully saturated rings. The molecular weight excluding hydrogens is 775 g/mol. The first-order valence-corrected chi connectivity index (χ1v) is 21.1. The van der Waals surface area contributed by atoms with Crippen molar-refractivity contribution in [1.29, 1.82) is 0 Å². The third-order valence-electron chi connectivity index (χ3n) is 11.1. The van der Waals surface area contributed by atoms with Gasteiger partial charge < -0.3 is 58.5 Å². The second-order valence-electron chi connectivity index (χ2n) is 16.1. The van der Waals surface area contributed by atoms with Crippen LogP contribution in [0, 0.1) is 0 Å². The number of benzene rings is 3. The molecule has 4 aliphatic rings. The lowest BCUT2D eigenvalue weighted by atomic mass is 10.1. The van der Waals surface area contributed by atoms with Crippen LogP contribution in [0.3, 0.4) is 0 Å². The van der Waals surface area contributed by atoms with Crippen LogP contribution in [0.1, 0.15) is 71.4 Å². The van der Waals surface area contributed by atoms with Crippen LogP contribution >= 0.6 is 12.6 Å². The van der Waals surface area contributed by atoms with E-state index in [4.69, 9.17) is 45.8 Å². The van der Waals surface area contributed by atoms with Crippen LogP contribution in [0.4, 0.5) is 17.1 Å². The summed E-state index contributed by atoms with van der Waals surface area (Å²) in [7, 11) is 4.83. The average Bonchev–Trinajstić information content (AvgIpc) is 3.88. The Balaban J connectivity index is 1.14. The lowest BCUT2D eigenvalue weighted by Crippen LogP contribution is -2.44. The monoisotopic (exact) mass is 833 g/mol. The van der Waals surface area contributed by atoms with Crippen LogP contribution in [0.2, 0.25) is 0 Å².